The Kier molecular flexibility index (Phi) is 8.12. The summed E-state index contributed by atoms with van der Waals surface area (Å²) in [6.45, 7) is -2.24. The van der Waals surface area contributed by atoms with E-state index in [2.05, 4.69) is 15.3 Å². The molecule has 3 heterocycles. The third-order valence-corrected chi connectivity index (χ3v) is 7.50. The van der Waals surface area contributed by atoms with Crippen LogP contribution in [0.15, 0.2) is 34.7 Å². The first-order valence-electron chi connectivity index (χ1n) is 9.87. The van der Waals surface area contributed by atoms with Gasteiger partial charge in [0.1, 0.15) is 47.8 Å². The molecule has 1 saturated heterocycles. The SMILES string of the molecule is OC[C@H]1O[C@H](Sc2ccc(Cl)c(Cl)c2)[C@H](OCC(F)(F)F)[C@@H](n2cc(-c3csc(O)n3)nn2)[C@H]1O. The molecule has 3 N–H and O–H groups in total. The number of rotatable bonds is 7. The minimum atomic E-state index is -4.66. The Labute approximate surface area is 214 Å². The first kappa shape index (κ1) is 26.4. The van der Waals surface area contributed by atoms with Gasteiger partial charge in [-0.25, -0.2) is 9.67 Å². The van der Waals surface area contributed by atoms with Crippen molar-refractivity contribution in [2.45, 2.75) is 40.9 Å². The first-order chi connectivity index (χ1) is 16.6. The van der Waals surface area contributed by atoms with Gasteiger partial charge in [-0.3, -0.25) is 0 Å². The second kappa shape index (κ2) is 10.8. The number of thioether (sulfide) groups is 1. The molecular formula is C19H17Cl2F3N4O5S2. The van der Waals surface area contributed by atoms with Crippen molar-refractivity contribution in [1.29, 1.82) is 0 Å². The molecule has 0 radical (unpaired) electrons. The number of aromatic hydroxyl groups is 1. The Bertz CT molecular complexity index is 1170. The third kappa shape index (κ3) is 6.20. The molecule has 190 valence electrons. The lowest BCUT2D eigenvalue weighted by Gasteiger charge is -2.43. The van der Waals surface area contributed by atoms with Crippen LogP contribution >= 0.6 is 46.3 Å². The minimum Gasteiger partial charge on any atom is -0.486 e. The molecule has 3 aromatic rings. The maximum atomic E-state index is 13.1. The van der Waals surface area contributed by atoms with Crippen LogP contribution in [0, 0.1) is 0 Å². The summed E-state index contributed by atoms with van der Waals surface area (Å²) in [7, 11) is 0. The van der Waals surface area contributed by atoms with Gasteiger partial charge in [0, 0.05) is 10.3 Å². The second-order valence-corrected chi connectivity index (χ2v) is 10.2. The van der Waals surface area contributed by atoms with Crippen molar-refractivity contribution in [1.82, 2.24) is 20.0 Å². The lowest BCUT2D eigenvalue weighted by atomic mass is 9.97. The number of hydrogen-bond donors (Lipinski definition) is 3. The van der Waals surface area contributed by atoms with Gasteiger partial charge in [0.05, 0.1) is 22.8 Å². The normalized spacial score (nSPS) is 25.2. The average molecular weight is 573 g/mol. The summed E-state index contributed by atoms with van der Waals surface area (Å²) >= 11 is 14.0. The van der Waals surface area contributed by atoms with Crippen molar-refractivity contribution in [3.05, 3.63) is 39.8 Å². The lowest BCUT2D eigenvalue weighted by molar-refractivity contribution is -0.233. The maximum absolute atomic E-state index is 13.1. The Morgan fingerprint density at radius 3 is 2.63 bits per heavy atom. The lowest BCUT2D eigenvalue weighted by Crippen LogP contribution is -2.56. The van der Waals surface area contributed by atoms with Crippen molar-refractivity contribution in [2.24, 2.45) is 0 Å². The monoisotopic (exact) mass is 572 g/mol. The topological polar surface area (TPSA) is 123 Å². The molecular weight excluding hydrogens is 556 g/mol. The number of aliphatic hydroxyl groups excluding tert-OH is 2. The number of aromatic nitrogens is 4. The molecule has 1 aromatic carbocycles. The molecule has 16 heteroatoms. The zero-order valence-electron chi connectivity index (χ0n) is 17.3. The summed E-state index contributed by atoms with van der Waals surface area (Å²) in [6, 6.07) is 3.40. The van der Waals surface area contributed by atoms with Gasteiger partial charge < -0.3 is 24.8 Å². The molecule has 0 amide bonds. The minimum absolute atomic E-state index is 0.203. The molecule has 1 aliphatic rings. The van der Waals surface area contributed by atoms with E-state index in [1.54, 1.807) is 6.07 Å². The first-order valence-corrected chi connectivity index (χ1v) is 12.4. The average Bonchev–Trinajstić information content (AvgIpc) is 3.44. The fourth-order valence-corrected chi connectivity index (χ4v) is 5.51. The van der Waals surface area contributed by atoms with Gasteiger partial charge in [0.25, 0.3) is 5.19 Å². The summed E-state index contributed by atoms with van der Waals surface area (Å²) in [5, 5.41) is 39.9. The quantitative estimate of drug-likeness (QED) is 0.388. The van der Waals surface area contributed by atoms with E-state index in [0.29, 0.717) is 4.90 Å². The zero-order valence-corrected chi connectivity index (χ0v) is 20.5. The number of halogens is 5. The number of nitrogens with zero attached hydrogens (tertiary/aromatic N) is 4. The van der Waals surface area contributed by atoms with Crippen LogP contribution in [-0.4, -0.2) is 78.4 Å². The van der Waals surface area contributed by atoms with Crippen LogP contribution in [-0.2, 0) is 9.47 Å². The van der Waals surface area contributed by atoms with Gasteiger partial charge in [-0.1, -0.05) is 51.5 Å². The Hall–Kier alpha value is -1.65. The largest absolute Gasteiger partial charge is 0.486 e. The van der Waals surface area contributed by atoms with Gasteiger partial charge in [0.2, 0.25) is 0 Å². The van der Waals surface area contributed by atoms with Crippen LogP contribution in [0.1, 0.15) is 6.04 Å². The Morgan fingerprint density at radius 2 is 2.00 bits per heavy atom. The van der Waals surface area contributed by atoms with E-state index in [-0.39, 0.29) is 26.6 Å². The smallest absolute Gasteiger partial charge is 0.411 e. The van der Waals surface area contributed by atoms with E-state index in [1.807, 2.05) is 0 Å². The highest BCUT2D eigenvalue weighted by atomic mass is 35.5. The fourth-order valence-electron chi connectivity index (χ4n) is 3.43. The van der Waals surface area contributed by atoms with Crippen LogP contribution in [0.3, 0.4) is 0 Å². The standard InChI is InChI=1S/C19H17Cl2F3N4O5S2/c20-9-2-1-8(3-10(9)21)35-17-16(32-7-19(22,23)24)14(15(30)13(5-29)33-17)28-4-11(26-27-28)12-6-34-18(31)25-12/h1-4,6,13-17,29-30H,5,7H2,(H,25,31)/t13-,14+,15+,16-,17-/m1/s1. The molecule has 1 fully saturated rings. The van der Waals surface area contributed by atoms with E-state index in [0.717, 1.165) is 27.8 Å². The molecule has 9 nitrogen and oxygen atoms in total. The van der Waals surface area contributed by atoms with E-state index in [4.69, 9.17) is 32.7 Å². The summed E-state index contributed by atoms with van der Waals surface area (Å²) in [6.07, 6.45) is -7.35. The van der Waals surface area contributed by atoms with Crippen LogP contribution in [0.2, 0.25) is 10.0 Å². The number of thiazole rings is 1. The molecule has 0 aliphatic carbocycles. The highest BCUT2D eigenvalue weighted by molar-refractivity contribution is 7.99. The van der Waals surface area contributed by atoms with Crippen molar-refractivity contribution in [3.8, 4) is 16.6 Å². The number of hydrogen-bond acceptors (Lipinski definition) is 10. The predicted octanol–water partition coefficient (Wildman–Crippen LogP) is 3.77. The van der Waals surface area contributed by atoms with Crippen molar-refractivity contribution < 1.29 is 38.0 Å². The van der Waals surface area contributed by atoms with Crippen LogP contribution < -0.4 is 0 Å². The molecule has 5 atom stereocenters. The summed E-state index contributed by atoms with van der Waals surface area (Å²) in [5.41, 5.74) is -0.617. The summed E-state index contributed by atoms with van der Waals surface area (Å²) < 4.78 is 51.4. The molecule has 2 aromatic heterocycles. The third-order valence-electron chi connectivity index (χ3n) is 4.98. The highest BCUT2D eigenvalue weighted by Crippen LogP contribution is 2.41. The number of aliphatic hydroxyl groups is 2. The van der Waals surface area contributed by atoms with Gasteiger partial charge in [-0.15, -0.1) is 5.10 Å². The van der Waals surface area contributed by atoms with E-state index in [9.17, 15) is 28.5 Å². The molecule has 0 spiro atoms. The Morgan fingerprint density at radius 1 is 1.23 bits per heavy atom. The number of alkyl halides is 3. The van der Waals surface area contributed by atoms with Gasteiger partial charge in [-0.2, -0.15) is 13.2 Å². The van der Waals surface area contributed by atoms with E-state index in [1.165, 1.54) is 23.7 Å². The zero-order chi connectivity index (χ0) is 25.3. The predicted molar refractivity (Wildman–Crippen MR) is 122 cm³/mol. The molecule has 4 rings (SSSR count). The molecule has 0 unspecified atom stereocenters. The van der Waals surface area contributed by atoms with Crippen LogP contribution in [0.4, 0.5) is 13.2 Å². The highest BCUT2D eigenvalue weighted by Gasteiger charge is 2.49. The van der Waals surface area contributed by atoms with E-state index < -0.39 is 49.2 Å². The summed E-state index contributed by atoms with van der Waals surface area (Å²) in [5.74, 6) is 0. The maximum Gasteiger partial charge on any atom is 0.411 e. The fraction of sp³-hybridized carbons (Fsp3) is 0.421. The van der Waals surface area contributed by atoms with Crippen LogP contribution in [0.25, 0.3) is 11.4 Å². The van der Waals surface area contributed by atoms with Gasteiger partial charge in [-0.05, 0) is 18.2 Å². The summed E-state index contributed by atoms with van der Waals surface area (Å²) in [4.78, 5) is 4.40. The van der Waals surface area contributed by atoms with Crippen molar-refractivity contribution in [3.63, 3.8) is 0 Å². The second-order valence-electron chi connectivity index (χ2n) is 7.39. The van der Waals surface area contributed by atoms with Crippen molar-refractivity contribution in [2.75, 3.05) is 13.2 Å². The Balaban J connectivity index is 1.70. The molecule has 0 saturated carbocycles. The number of benzene rings is 1. The number of ether oxygens (including phenoxy) is 2. The van der Waals surface area contributed by atoms with Gasteiger partial charge >= 0.3 is 6.18 Å². The van der Waals surface area contributed by atoms with Crippen LogP contribution in [0.5, 0.6) is 5.19 Å². The van der Waals surface area contributed by atoms with Crippen molar-refractivity contribution >= 4 is 46.3 Å². The molecule has 1 aliphatic heterocycles. The molecule has 0 bridgehead atoms. The van der Waals surface area contributed by atoms with E-state index >= 15 is 0 Å². The van der Waals surface area contributed by atoms with Gasteiger partial charge in [0.15, 0.2) is 0 Å². The molecule has 35 heavy (non-hydrogen) atoms.